The van der Waals surface area contributed by atoms with Crippen LogP contribution in [0, 0.1) is 0 Å². The summed E-state index contributed by atoms with van der Waals surface area (Å²) >= 11 is 0. The summed E-state index contributed by atoms with van der Waals surface area (Å²) in [7, 11) is 0.855. The molecule has 0 aromatic rings. The molecule has 13 heavy (non-hydrogen) atoms. The predicted molar refractivity (Wildman–Crippen MR) is 47.9 cm³/mol. The highest BCUT2D eigenvalue weighted by Gasteiger charge is 2.13. The lowest BCUT2D eigenvalue weighted by Crippen LogP contribution is -2.33. The summed E-state index contributed by atoms with van der Waals surface area (Å²) in [6, 6.07) is 0. The van der Waals surface area contributed by atoms with Crippen LogP contribution >= 0.6 is 0 Å². The van der Waals surface area contributed by atoms with Gasteiger partial charge in [-0.2, -0.15) is 0 Å². The van der Waals surface area contributed by atoms with Crippen LogP contribution in [0.2, 0.25) is 0 Å². The highest BCUT2D eigenvalue weighted by atomic mass is 32.2. The Balaban J connectivity index is 3.84. The van der Waals surface area contributed by atoms with E-state index in [1.807, 2.05) is 0 Å². The van der Waals surface area contributed by atoms with Crippen LogP contribution in [0.3, 0.4) is 0 Å². The number of sulfonamides is 1. The van der Waals surface area contributed by atoms with Crippen molar-refractivity contribution >= 4 is 16.1 Å². The smallest absolute Gasteiger partial charge is 0.406 e. The third-order valence-corrected chi connectivity index (χ3v) is 3.20. The van der Waals surface area contributed by atoms with E-state index >= 15 is 0 Å². The Labute approximate surface area is 77.9 Å². The lowest BCUT2D eigenvalue weighted by Gasteiger charge is -2.10. The molecule has 1 amide bonds. The van der Waals surface area contributed by atoms with E-state index in [1.54, 1.807) is 0 Å². The van der Waals surface area contributed by atoms with E-state index in [0.29, 0.717) is 0 Å². The van der Waals surface area contributed by atoms with Crippen LogP contribution in [0.4, 0.5) is 4.79 Å². The number of nitrogens with one attached hydrogen (secondary N) is 1. The maximum Gasteiger partial charge on any atom is 0.406 e. The Morgan fingerprint density at radius 2 is 2.00 bits per heavy atom. The maximum absolute atomic E-state index is 11.1. The average molecular weight is 210 g/mol. The molecular formula is C6H14N2O4S. The van der Waals surface area contributed by atoms with Gasteiger partial charge in [0.25, 0.3) is 0 Å². The van der Waals surface area contributed by atoms with Crippen LogP contribution in [0.25, 0.3) is 0 Å². The van der Waals surface area contributed by atoms with E-state index in [4.69, 9.17) is 0 Å². The number of carbonyl (C=O) groups excluding carboxylic acids is 1. The van der Waals surface area contributed by atoms with E-state index in [9.17, 15) is 13.2 Å². The standard InChI is InChI=1S/C6H14N2O4S/c1-8(2)13(10,11)5-4-7-6(9)12-3/h4-5H2,1-3H3,(H,7,9). The fraction of sp³-hybridized carbons (Fsp3) is 0.833. The lowest BCUT2D eigenvalue weighted by molar-refractivity contribution is 0.171. The molecule has 0 saturated carbocycles. The van der Waals surface area contributed by atoms with Gasteiger partial charge in [-0.15, -0.1) is 0 Å². The largest absolute Gasteiger partial charge is 0.453 e. The van der Waals surface area contributed by atoms with Gasteiger partial charge in [0.05, 0.1) is 12.9 Å². The zero-order valence-electron chi connectivity index (χ0n) is 7.90. The van der Waals surface area contributed by atoms with Gasteiger partial charge in [-0.3, -0.25) is 0 Å². The van der Waals surface area contributed by atoms with Crippen LogP contribution in [0.15, 0.2) is 0 Å². The predicted octanol–water partition coefficient (Wildman–Crippen LogP) is -0.766. The molecule has 0 unspecified atom stereocenters. The Morgan fingerprint density at radius 3 is 2.38 bits per heavy atom. The average Bonchev–Trinajstić information content (AvgIpc) is 2.03. The topological polar surface area (TPSA) is 75.7 Å². The number of rotatable bonds is 4. The quantitative estimate of drug-likeness (QED) is 0.661. The minimum atomic E-state index is -3.24. The van der Waals surface area contributed by atoms with E-state index in [2.05, 4.69) is 10.1 Å². The molecule has 0 bridgehead atoms. The summed E-state index contributed by atoms with van der Waals surface area (Å²) in [5.74, 6) is -0.130. The summed E-state index contributed by atoms with van der Waals surface area (Å²) < 4.78 is 27.6. The van der Waals surface area contributed by atoms with Crippen molar-refractivity contribution in [3.63, 3.8) is 0 Å². The van der Waals surface area contributed by atoms with Crippen LogP contribution in [0.1, 0.15) is 0 Å². The molecule has 0 saturated heterocycles. The Hall–Kier alpha value is -0.820. The molecule has 6 nitrogen and oxygen atoms in total. The molecule has 7 heteroatoms. The Morgan fingerprint density at radius 1 is 1.46 bits per heavy atom. The van der Waals surface area contributed by atoms with Crippen LogP contribution in [0.5, 0.6) is 0 Å². The first-order chi connectivity index (χ1) is 5.90. The second-order valence-corrected chi connectivity index (χ2v) is 4.82. The zero-order chi connectivity index (χ0) is 10.5. The number of alkyl carbamates (subject to hydrolysis) is 1. The number of nitrogens with zero attached hydrogens (tertiary/aromatic N) is 1. The molecule has 0 radical (unpaired) electrons. The number of hydrogen-bond donors (Lipinski definition) is 1. The first kappa shape index (κ1) is 12.2. The number of hydrogen-bond acceptors (Lipinski definition) is 4. The second kappa shape index (κ2) is 5.03. The minimum Gasteiger partial charge on any atom is -0.453 e. The molecule has 0 rings (SSSR count). The number of amides is 1. The molecular weight excluding hydrogens is 196 g/mol. The van der Waals surface area contributed by atoms with Gasteiger partial charge in [0.2, 0.25) is 10.0 Å². The van der Waals surface area contributed by atoms with E-state index in [-0.39, 0.29) is 12.3 Å². The summed E-state index contributed by atoms with van der Waals surface area (Å²) in [5.41, 5.74) is 0. The highest BCUT2D eigenvalue weighted by molar-refractivity contribution is 7.89. The molecule has 0 aliphatic rings. The van der Waals surface area contributed by atoms with Crippen molar-refractivity contribution in [1.82, 2.24) is 9.62 Å². The molecule has 1 N–H and O–H groups in total. The third kappa shape index (κ3) is 4.69. The highest BCUT2D eigenvalue weighted by Crippen LogP contribution is 1.91. The normalized spacial score (nSPS) is 11.4. The second-order valence-electron chi connectivity index (χ2n) is 2.52. The zero-order valence-corrected chi connectivity index (χ0v) is 8.72. The van der Waals surface area contributed by atoms with Crippen molar-refractivity contribution in [1.29, 1.82) is 0 Å². The van der Waals surface area contributed by atoms with Gasteiger partial charge in [0, 0.05) is 20.6 Å². The van der Waals surface area contributed by atoms with Gasteiger partial charge >= 0.3 is 6.09 Å². The molecule has 0 aromatic carbocycles. The number of ether oxygens (including phenoxy) is 1. The Bertz CT molecular complexity index is 260. The summed E-state index contributed by atoms with van der Waals surface area (Å²) in [5, 5.41) is 2.28. The summed E-state index contributed by atoms with van der Waals surface area (Å²) in [6.45, 7) is 0.0488. The van der Waals surface area contributed by atoms with Crippen LogP contribution in [-0.2, 0) is 14.8 Å². The van der Waals surface area contributed by atoms with E-state index in [1.165, 1.54) is 21.2 Å². The van der Waals surface area contributed by atoms with Crippen LogP contribution < -0.4 is 5.32 Å². The van der Waals surface area contributed by atoms with Crippen molar-refractivity contribution in [2.24, 2.45) is 0 Å². The van der Waals surface area contributed by atoms with Gasteiger partial charge in [0.1, 0.15) is 0 Å². The SMILES string of the molecule is COC(=O)NCCS(=O)(=O)N(C)C. The minimum absolute atomic E-state index is 0.0488. The maximum atomic E-state index is 11.1. The molecule has 0 fully saturated rings. The van der Waals surface area contributed by atoms with Gasteiger partial charge in [0.15, 0.2) is 0 Å². The van der Waals surface area contributed by atoms with Gasteiger partial charge in [-0.05, 0) is 0 Å². The van der Waals surface area contributed by atoms with Crippen molar-refractivity contribution in [2.75, 3.05) is 33.5 Å². The molecule has 78 valence electrons. The van der Waals surface area contributed by atoms with Crippen molar-refractivity contribution < 1.29 is 17.9 Å². The molecule has 0 spiro atoms. The number of carbonyl (C=O) groups is 1. The number of methoxy groups -OCH3 is 1. The fourth-order valence-corrected chi connectivity index (χ4v) is 1.26. The first-order valence-electron chi connectivity index (χ1n) is 3.62. The van der Waals surface area contributed by atoms with Crippen molar-refractivity contribution in [2.45, 2.75) is 0 Å². The first-order valence-corrected chi connectivity index (χ1v) is 5.23. The van der Waals surface area contributed by atoms with E-state index in [0.717, 1.165) is 4.31 Å². The van der Waals surface area contributed by atoms with Gasteiger partial charge in [-0.25, -0.2) is 17.5 Å². The molecule has 0 aromatic heterocycles. The van der Waals surface area contributed by atoms with Crippen molar-refractivity contribution in [3.05, 3.63) is 0 Å². The fourth-order valence-electron chi connectivity index (χ4n) is 0.537. The Kier molecular flexibility index (Phi) is 4.71. The van der Waals surface area contributed by atoms with E-state index < -0.39 is 16.1 Å². The molecule has 0 aliphatic heterocycles. The molecule has 0 aliphatic carbocycles. The van der Waals surface area contributed by atoms with Gasteiger partial charge < -0.3 is 10.1 Å². The summed E-state index contributed by atoms with van der Waals surface area (Å²) in [4.78, 5) is 10.5. The van der Waals surface area contributed by atoms with Crippen molar-refractivity contribution in [3.8, 4) is 0 Å². The molecule has 0 heterocycles. The molecule has 0 atom stereocenters. The third-order valence-electron chi connectivity index (χ3n) is 1.37. The monoisotopic (exact) mass is 210 g/mol. The van der Waals surface area contributed by atoms with Crippen LogP contribution in [-0.4, -0.2) is 52.3 Å². The lowest BCUT2D eigenvalue weighted by atomic mass is 10.7. The van der Waals surface area contributed by atoms with Gasteiger partial charge in [-0.1, -0.05) is 0 Å². The summed E-state index contributed by atoms with van der Waals surface area (Å²) in [6.07, 6.45) is -0.631.